The minimum absolute atomic E-state index is 0.0215. The Morgan fingerprint density at radius 2 is 2.10 bits per heavy atom. The number of pyridine rings is 1. The van der Waals surface area contributed by atoms with E-state index in [2.05, 4.69) is 17.2 Å². The first-order chi connectivity index (χ1) is 19.0. The third-order valence-electron chi connectivity index (χ3n) is 9.29. The molecule has 6 rings (SSSR count). The van der Waals surface area contributed by atoms with E-state index >= 15 is 0 Å². The predicted octanol–water partition coefficient (Wildman–Crippen LogP) is 4.80. The number of fused-ring (bicyclic) bond motifs is 2. The number of amides is 1. The van der Waals surface area contributed by atoms with Crippen molar-refractivity contribution >= 4 is 23.5 Å². The summed E-state index contributed by atoms with van der Waals surface area (Å²) in [6.07, 6.45) is -0.827. The van der Waals surface area contributed by atoms with Gasteiger partial charge in [-0.05, 0) is 61.4 Å². The number of esters is 1. The Balaban J connectivity index is 1.14. The van der Waals surface area contributed by atoms with E-state index in [0.29, 0.717) is 54.1 Å². The van der Waals surface area contributed by atoms with Crippen LogP contribution in [0.15, 0.2) is 36.5 Å². The second-order valence-corrected chi connectivity index (χ2v) is 11.9. The summed E-state index contributed by atoms with van der Waals surface area (Å²) in [5, 5.41) is 4.11. The summed E-state index contributed by atoms with van der Waals surface area (Å²) in [4.78, 5) is 32.5. The minimum atomic E-state index is -4.47. The van der Waals surface area contributed by atoms with Gasteiger partial charge in [0.1, 0.15) is 6.10 Å². The number of ether oxygens (including phenoxy) is 2. The van der Waals surface area contributed by atoms with E-state index in [-0.39, 0.29) is 43.1 Å². The molecule has 4 heterocycles. The maximum absolute atomic E-state index is 13.9. The first-order valence-corrected chi connectivity index (χ1v) is 14.1. The Bertz CT molecular complexity index is 1320. The quantitative estimate of drug-likeness (QED) is 0.526. The van der Waals surface area contributed by atoms with Crippen molar-refractivity contribution in [3.05, 3.63) is 63.9 Å². The molecule has 0 bridgehead atoms. The fraction of sp³-hybridized carbons (Fsp3) is 0.552. The molecule has 4 unspecified atom stereocenters. The van der Waals surface area contributed by atoms with Crippen LogP contribution in [0.5, 0.6) is 0 Å². The van der Waals surface area contributed by atoms with Gasteiger partial charge < -0.3 is 19.7 Å². The van der Waals surface area contributed by atoms with Crippen molar-refractivity contribution in [2.75, 3.05) is 13.2 Å². The minimum Gasteiger partial charge on any atom is -0.455 e. The van der Waals surface area contributed by atoms with Crippen LogP contribution in [-0.4, -0.2) is 59.2 Å². The van der Waals surface area contributed by atoms with Crippen molar-refractivity contribution in [3.63, 3.8) is 0 Å². The molecule has 1 N–H and O–H groups in total. The van der Waals surface area contributed by atoms with Gasteiger partial charge in [0.25, 0.3) is 0 Å². The molecule has 214 valence electrons. The zero-order valence-corrected chi connectivity index (χ0v) is 22.8. The molecule has 1 aromatic carbocycles. The number of aromatic nitrogens is 1. The number of nitrogens with one attached hydrogen (secondary N) is 1. The van der Waals surface area contributed by atoms with Crippen molar-refractivity contribution < 1.29 is 32.2 Å². The topological polar surface area (TPSA) is 80.8 Å². The summed E-state index contributed by atoms with van der Waals surface area (Å²) in [6.45, 7) is 3.06. The number of carbonyl (C=O) groups excluding carboxylic acids is 2. The highest BCUT2D eigenvalue weighted by atomic mass is 35.5. The molecule has 40 heavy (non-hydrogen) atoms. The molecule has 6 atom stereocenters. The second kappa shape index (κ2) is 10.3. The molecule has 0 radical (unpaired) electrons. The summed E-state index contributed by atoms with van der Waals surface area (Å²) in [5.41, 5.74) is 0.131. The van der Waals surface area contributed by atoms with Gasteiger partial charge in [0, 0.05) is 54.6 Å². The van der Waals surface area contributed by atoms with E-state index in [4.69, 9.17) is 21.1 Å². The Morgan fingerprint density at radius 1 is 1.27 bits per heavy atom. The molecule has 3 fully saturated rings. The highest BCUT2D eigenvalue weighted by Gasteiger charge is 2.60. The van der Waals surface area contributed by atoms with Crippen molar-refractivity contribution in [1.29, 1.82) is 0 Å². The van der Waals surface area contributed by atoms with Crippen LogP contribution < -0.4 is 5.32 Å². The van der Waals surface area contributed by atoms with Crippen LogP contribution in [0.2, 0.25) is 5.02 Å². The molecule has 2 saturated heterocycles. The van der Waals surface area contributed by atoms with E-state index in [1.165, 1.54) is 0 Å². The summed E-state index contributed by atoms with van der Waals surface area (Å²) in [6, 6.07) is 7.57. The Morgan fingerprint density at radius 3 is 2.88 bits per heavy atom. The number of halogens is 4. The highest BCUT2D eigenvalue weighted by molar-refractivity contribution is 6.30. The van der Waals surface area contributed by atoms with Crippen molar-refractivity contribution in [3.8, 4) is 0 Å². The van der Waals surface area contributed by atoms with Crippen LogP contribution in [0.25, 0.3) is 0 Å². The lowest BCUT2D eigenvalue weighted by atomic mass is 9.73. The molecule has 1 amide bonds. The lowest BCUT2D eigenvalue weighted by Crippen LogP contribution is -2.52. The molecule has 2 aromatic rings. The van der Waals surface area contributed by atoms with Crippen LogP contribution in [0.1, 0.15) is 59.8 Å². The van der Waals surface area contributed by atoms with Crippen LogP contribution in [0.3, 0.4) is 0 Å². The summed E-state index contributed by atoms with van der Waals surface area (Å²) in [7, 11) is 0. The van der Waals surface area contributed by atoms with Gasteiger partial charge in [0.15, 0.2) is 0 Å². The number of benzene rings is 1. The molecule has 1 spiro atoms. The van der Waals surface area contributed by atoms with E-state index in [0.717, 1.165) is 18.7 Å². The van der Waals surface area contributed by atoms with Gasteiger partial charge in [-0.25, -0.2) is 4.79 Å². The van der Waals surface area contributed by atoms with Crippen molar-refractivity contribution in [2.24, 2.45) is 11.3 Å². The smallest absolute Gasteiger partial charge is 0.417 e. The molecule has 11 heteroatoms. The lowest BCUT2D eigenvalue weighted by Gasteiger charge is -2.34. The zero-order chi connectivity index (χ0) is 28.2. The summed E-state index contributed by atoms with van der Waals surface area (Å²) < 4.78 is 51.2. The Kier molecular flexibility index (Phi) is 7.07. The third kappa shape index (κ3) is 4.88. The Hall–Kier alpha value is -2.69. The molecule has 3 aliphatic heterocycles. The normalized spacial score (nSPS) is 31.8. The highest BCUT2D eigenvalue weighted by Crippen LogP contribution is 2.54. The fourth-order valence-corrected chi connectivity index (χ4v) is 7.30. The number of hydrogen-bond donors (Lipinski definition) is 1. The average Bonchev–Trinajstić information content (AvgIpc) is 3.43. The molecular weight excluding hydrogens is 547 g/mol. The SMILES string of the molecule is CC1C2Cc3ncc(C(F)(F)F)cc3CN2C(=O)[C@]12CC[C@@H](NC1CCOCC1OC(=O)c1cccc(Cl)c1)C2. The maximum Gasteiger partial charge on any atom is 0.417 e. The maximum atomic E-state index is 13.9. The average molecular weight is 578 g/mol. The van der Waals surface area contributed by atoms with Gasteiger partial charge in [0.05, 0.1) is 23.1 Å². The number of nitrogens with zero attached hydrogens (tertiary/aromatic N) is 2. The predicted molar refractivity (Wildman–Crippen MR) is 140 cm³/mol. The van der Waals surface area contributed by atoms with Gasteiger partial charge in [0.2, 0.25) is 5.91 Å². The molecule has 4 aliphatic rings. The number of rotatable bonds is 4. The molecular formula is C29H31ClF3N3O4. The van der Waals surface area contributed by atoms with Crippen LogP contribution in [0, 0.1) is 11.3 Å². The third-order valence-corrected chi connectivity index (χ3v) is 9.52. The first kappa shape index (κ1) is 27.5. The number of hydrogen-bond acceptors (Lipinski definition) is 6. The molecule has 1 aliphatic carbocycles. The summed E-state index contributed by atoms with van der Waals surface area (Å²) >= 11 is 6.03. The first-order valence-electron chi connectivity index (χ1n) is 13.7. The van der Waals surface area contributed by atoms with Gasteiger partial charge in [-0.15, -0.1) is 0 Å². The fourth-order valence-electron chi connectivity index (χ4n) is 7.11. The van der Waals surface area contributed by atoms with Gasteiger partial charge in [-0.3, -0.25) is 9.78 Å². The van der Waals surface area contributed by atoms with Crippen molar-refractivity contribution in [1.82, 2.24) is 15.2 Å². The van der Waals surface area contributed by atoms with E-state index in [1.807, 2.05) is 0 Å². The van der Waals surface area contributed by atoms with E-state index in [9.17, 15) is 22.8 Å². The standard InChI is InChI=1S/C29H31ClF3N3O4/c1-16-24-11-23-18(9-19(13-34-23)29(31,32)33)14-36(24)27(38)28(16)7-5-21(12-28)35-22-6-8-39-15-25(22)40-26(37)17-3-2-4-20(30)10-17/h2-4,9-10,13,16,21-22,24-25,35H,5-8,11-12,14-15H2,1H3/t16?,21-,22?,24?,25?,28+/m1/s1. The monoisotopic (exact) mass is 577 g/mol. The number of alkyl halides is 3. The lowest BCUT2D eigenvalue weighted by molar-refractivity contribution is -0.138. The van der Waals surface area contributed by atoms with Gasteiger partial charge in [-0.1, -0.05) is 24.6 Å². The zero-order valence-electron chi connectivity index (χ0n) is 22.0. The number of carbonyl (C=O) groups is 2. The van der Waals surface area contributed by atoms with Crippen LogP contribution in [-0.2, 0) is 33.4 Å². The van der Waals surface area contributed by atoms with Gasteiger partial charge >= 0.3 is 12.1 Å². The van der Waals surface area contributed by atoms with Gasteiger partial charge in [-0.2, -0.15) is 13.2 Å². The largest absolute Gasteiger partial charge is 0.455 e. The Labute approximate surface area is 235 Å². The van der Waals surface area contributed by atoms with Crippen molar-refractivity contribution in [2.45, 2.75) is 76.0 Å². The summed E-state index contributed by atoms with van der Waals surface area (Å²) in [5.74, 6) is -0.408. The van der Waals surface area contributed by atoms with E-state index in [1.54, 1.807) is 29.2 Å². The van der Waals surface area contributed by atoms with Crippen LogP contribution in [0.4, 0.5) is 13.2 Å². The van der Waals surface area contributed by atoms with E-state index < -0.39 is 29.2 Å². The molecule has 7 nitrogen and oxygen atoms in total. The second-order valence-electron chi connectivity index (χ2n) is 11.5. The molecule has 1 saturated carbocycles. The van der Waals surface area contributed by atoms with Crippen LogP contribution >= 0.6 is 11.6 Å². The molecule has 1 aromatic heterocycles.